The molecule has 0 amide bonds. The molecule has 0 saturated heterocycles. The van der Waals surface area contributed by atoms with Crippen molar-refractivity contribution >= 4 is 12.6 Å². The van der Waals surface area contributed by atoms with Crippen LogP contribution in [0, 0.1) is 0 Å². The van der Waals surface area contributed by atoms with Gasteiger partial charge in [-0.1, -0.05) is 105 Å². The first-order valence-electron chi connectivity index (χ1n) is 7.71. The summed E-state index contributed by atoms with van der Waals surface area (Å²) in [6.45, 7) is 4.00. The summed E-state index contributed by atoms with van der Waals surface area (Å²) in [6, 6.07) is 31.3. The highest BCUT2D eigenvalue weighted by molar-refractivity contribution is 7.81. The molecule has 0 aliphatic carbocycles. The fraction of sp³-hybridized carbons (Fsp3) is 0.143. The second-order valence-corrected chi connectivity index (χ2v) is 5.48. The number of thiol groups is 1. The molecule has 0 bridgehead atoms. The van der Waals surface area contributed by atoms with E-state index in [4.69, 9.17) is 12.6 Å². The van der Waals surface area contributed by atoms with E-state index < -0.39 is 4.75 Å². The number of benzene rings is 3. The van der Waals surface area contributed by atoms with Crippen molar-refractivity contribution in [1.29, 1.82) is 0 Å². The molecular formula is C21H22S. The Labute approximate surface area is 139 Å². The smallest absolute Gasteiger partial charge is 0.0878 e. The fourth-order valence-corrected chi connectivity index (χ4v) is 2.99. The van der Waals surface area contributed by atoms with Crippen LogP contribution in [-0.2, 0) is 4.75 Å². The number of hydrogen-bond donors (Lipinski definition) is 1. The summed E-state index contributed by atoms with van der Waals surface area (Å²) in [7, 11) is 0. The molecular weight excluding hydrogens is 284 g/mol. The molecule has 0 aromatic heterocycles. The average molecular weight is 306 g/mol. The second kappa shape index (κ2) is 7.86. The van der Waals surface area contributed by atoms with Crippen LogP contribution in [0.1, 0.15) is 30.5 Å². The first-order valence-corrected chi connectivity index (χ1v) is 8.15. The standard InChI is InChI=1S/C19H16S.C2H6/c20-19(16-10-4-1-5-11-16,17-12-6-2-7-13-17)18-14-8-3-9-15-18;1-2/h1-15,20H;1-2H3. The van der Waals surface area contributed by atoms with Gasteiger partial charge in [-0.3, -0.25) is 0 Å². The van der Waals surface area contributed by atoms with Crippen LogP contribution in [0.5, 0.6) is 0 Å². The predicted molar refractivity (Wildman–Crippen MR) is 99.5 cm³/mol. The molecule has 112 valence electrons. The third-order valence-electron chi connectivity index (χ3n) is 3.57. The van der Waals surface area contributed by atoms with Crippen molar-refractivity contribution in [3.8, 4) is 0 Å². The Morgan fingerprint density at radius 1 is 0.500 bits per heavy atom. The van der Waals surface area contributed by atoms with Crippen molar-refractivity contribution in [2.45, 2.75) is 18.6 Å². The summed E-state index contributed by atoms with van der Waals surface area (Å²) in [5.74, 6) is 0. The molecule has 0 spiro atoms. The first kappa shape index (κ1) is 16.4. The largest absolute Gasteiger partial charge is 0.158 e. The van der Waals surface area contributed by atoms with Crippen LogP contribution < -0.4 is 0 Å². The molecule has 22 heavy (non-hydrogen) atoms. The number of hydrogen-bond acceptors (Lipinski definition) is 1. The topological polar surface area (TPSA) is 0 Å². The van der Waals surface area contributed by atoms with E-state index in [1.165, 1.54) is 16.7 Å². The molecule has 0 aliphatic rings. The molecule has 1 heteroatoms. The minimum Gasteiger partial charge on any atom is -0.158 e. The number of rotatable bonds is 3. The zero-order valence-electron chi connectivity index (χ0n) is 13.1. The zero-order valence-corrected chi connectivity index (χ0v) is 14.0. The van der Waals surface area contributed by atoms with Gasteiger partial charge in [0.05, 0.1) is 4.75 Å². The first-order chi connectivity index (χ1) is 10.8. The molecule has 0 heterocycles. The Morgan fingerprint density at radius 2 is 0.727 bits per heavy atom. The Kier molecular flexibility index (Phi) is 5.85. The molecule has 0 atom stereocenters. The van der Waals surface area contributed by atoms with Gasteiger partial charge < -0.3 is 0 Å². The zero-order chi connectivity index (χ0) is 15.8. The highest BCUT2D eigenvalue weighted by Crippen LogP contribution is 2.42. The third kappa shape index (κ3) is 3.26. The van der Waals surface area contributed by atoms with E-state index >= 15 is 0 Å². The Bertz CT molecular complexity index is 563. The van der Waals surface area contributed by atoms with Gasteiger partial charge in [-0.05, 0) is 16.7 Å². The van der Waals surface area contributed by atoms with Crippen molar-refractivity contribution in [2.24, 2.45) is 0 Å². The van der Waals surface area contributed by atoms with Gasteiger partial charge in [-0.15, -0.1) is 0 Å². The van der Waals surface area contributed by atoms with Gasteiger partial charge in [0, 0.05) is 0 Å². The Hall–Kier alpha value is -1.99. The molecule has 3 aromatic carbocycles. The van der Waals surface area contributed by atoms with E-state index in [1.807, 2.05) is 32.0 Å². The van der Waals surface area contributed by atoms with Crippen molar-refractivity contribution in [2.75, 3.05) is 0 Å². The summed E-state index contributed by atoms with van der Waals surface area (Å²) in [6.07, 6.45) is 0. The summed E-state index contributed by atoms with van der Waals surface area (Å²) in [5.41, 5.74) is 3.54. The van der Waals surface area contributed by atoms with E-state index in [0.717, 1.165) is 0 Å². The molecule has 0 saturated carbocycles. The van der Waals surface area contributed by atoms with Gasteiger partial charge in [0.25, 0.3) is 0 Å². The van der Waals surface area contributed by atoms with Crippen molar-refractivity contribution in [3.05, 3.63) is 108 Å². The quantitative estimate of drug-likeness (QED) is 0.449. The summed E-state index contributed by atoms with van der Waals surface area (Å²) in [5, 5.41) is 0. The van der Waals surface area contributed by atoms with Crippen LogP contribution in [0.15, 0.2) is 91.0 Å². The van der Waals surface area contributed by atoms with E-state index in [0.29, 0.717) is 0 Å². The maximum Gasteiger partial charge on any atom is 0.0878 e. The summed E-state index contributed by atoms with van der Waals surface area (Å²) in [4.78, 5) is 0. The Balaban J connectivity index is 0.000000847. The van der Waals surface area contributed by atoms with Crippen molar-refractivity contribution < 1.29 is 0 Å². The lowest BCUT2D eigenvalue weighted by molar-refractivity contribution is 0.905. The van der Waals surface area contributed by atoms with E-state index in [-0.39, 0.29) is 0 Å². The van der Waals surface area contributed by atoms with Crippen LogP contribution >= 0.6 is 12.6 Å². The van der Waals surface area contributed by atoms with Gasteiger partial charge >= 0.3 is 0 Å². The molecule has 0 radical (unpaired) electrons. The lowest BCUT2D eigenvalue weighted by Crippen LogP contribution is -2.22. The minimum atomic E-state index is -0.427. The monoisotopic (exact) mass is 306 g/mol. The van der Waals surface area contributed by atoms with Crippen LogP contribution in [0.3, 0.4) is 0 Å². The van der Waals surface area contributed by atoms with E-state index in [9.17, 15) is 0 Å². The average Bonchev–Trinajstić information content (AvgIpc) is 2.65. The SMILES string of the molecule is CC.SC(c1ccccc1)(c1ccccc1)c1ccccc1. The fourth-order valence-electron chi connectivity index (χ4n) is 2.54. The maximum absolute atomic E-state index is 5.09. The highest BCUT2D eigenvalue weighted by atomic mass is 32.1. The highest BCUT2D eigenvalue weighted by Gasteiger charge is 2.31. The third-order valence-corrected chi connectivity index (χ3v) is 4.35. The van der Waals surface area contributed by atoms with Crippen LogP contribution in [0.25, 0.3) is 0 Å². The minimum absolute atomic E-state index is 0.427. The van der Waals surface area contributed by atoms with Crippen LogP contribution in [0.2, 0.25) is 0 Å². The lowest BCUT2D eigenvalue weighted by atomic mass is 9.84. The van der Waals surface area contributed by atoms with Gasteiger partial charge in [0.1, 0.15) is 0 Å². The molecule has 0 N–H and O–H groups in total. The lowest BCUT2D eigenvalue weighted by Gasteiger charge is -2.30. The van der Waals surface area contributed by atoms with E-state index in [1.54, 1.807) is 0 Å². The van der Waals surface area contributed by atoms with Crippen molar-refractivity contribution in [1.82, 2.24) is 0 Å². The van der Waals surface area contributed by atoms with Gasteiger partial charge in [0.15, 0.2) is 0 Å². The maximum atomic E-state index is 5.09. The molecule has 0 nitrogen and oxygen atoms in total. The molecule has 3 rings (SSSR count). The van der Waals surface area contributed by atoms with Gasteiger partial charge in [-0.25, -0.2) is 0 Å². The molecule has 0 aliphatic heterocycles. The van der Waals surface area contributed by atoms with Crippen LogP contribution in [0.4, 0.5) is 0 Å². The molecule has 3 aromatic rings. The van der Waals surface area contributed by atoms with Crippen molar-refractivity contribution in [3.63, 3.8) is 0 Å². The molecule has 0 unspecified atom stereocenters. The predicted octanol–water partition coefficient (Wildman–Crippen LogP) is 5.93. The Morgan fingerprint density at radius 3 is 0.955 bits per heavy atom. The second-order valence-electron chi connectivity index (χ2n) is 4.81. The molecule has 0 fully saturated rings. The summed E-state index contributed by atoms with van der Waals surface area (Å²) < 4.78 is -0.427. The van der Waals surface area contributed by atoms with Gasteiger partial charge in [-0.2, -0.15) is 12.6 Å². The van der Waals surface area contributed by atoms with Gasteiger partial charge in [0.2, 0.25) is 0 Å². The summed E-state index contributed by atoms with van der Waals surface area (Å²) >= 11 is 5.09. The van der Waals surface area contributed by atoms with E-state index in [2.05, 4.69) is 72.8 Å². The van der Waals surface area contributed by atoms with Crippen LogP contribution in [-0.4, -0.2) is 0 Å². The normalized spacial score (nSPS) is 10.5.